The summed E-state index contributed by atoms with van der Waals surface area (Å²) >= 11 is 5.09. The Kier molecular flexibility index (Phi) is 3.59. The number of fused-ring (bicyclic) bond motifs is 1. The SMILES string of the molecule is CN(C)Nc1nc2c(cc1C(N)=S)CCCC2. The quantitative estimate of drug-likeness (QED) is 0.629. The van der Waals surface area contributed by atoms with Crippen molar-refractivity contribution in [1.82, 2.24) is 9.99 Å². The predicted molar refractivity (Wildman–Crippen MR) is 74.1 cm³/mol. The Morgan fingerprint density at radius 1 is 1.41 bits per heavy atom. The minimum atomic E-state index is 0.398. The number of hydrazine groups is 1. The van der Waals surface area contributed by atoms with Gasteiger partial charge in [-0.1, -0.05) is 12.2 Å². The fourth-order valence-corrected chi connectivity index (χ4v) is 2.27. The number of aromatic nitrogens is 1. The van der Waals surface area contributed by atoms with Crippen LogP contribution in [0.25, 0.3) is 0 Å². The average molecular weight is 250 g/mol. The van der Waals surface area contributed by atoms with Gasteiger partial charge in [0, 0.05) is 19.8 Å². The molecule has 0 atom stereocenters. The molecule has 92 valence electrons. The van der Waals surface area contributed by atoms with Crippen molar-refractivity contribution >= 4 is 23.0 Å². The van der Waals surface area contributed by atoms with Gasteiger partial charge in [-0.2, -0.15) is 0 Å². The first kappa shape index (κ1) is 12.3. The van der Waals surface area contributed by atoms with Crippen molar-refractivity contribution in [2.45, 2.75) is 25.7 Å². The average Bonchev–Trinajstić information content (AvgIpc) is 2.27. The Labute approximate surface area is 107 Å². The highest BCUT2D eigenvalue weighted by atomic mass is 32.1. The maximum Gasteiger partial charge on any atom is 0.150 e. The van der Waals surface area contributed by atoms with Gasteiger partial charge in [-0.3, -0.25) is 0 Å². The van der Waals surface area contributed by atoms with E-state index in [2.05, 4.69) is 16.5 Å². The highest BCUT2D eigenvalue weighted by molar-refractivity contribution is 7.80. The monoisotopic (exact) mass is 250 g/mol. The van der Waals surface area contributed by atoms with Gasteiger partial charge < -0.3 is 11.2 Å². The van der Waals surface area contributed by atoms with E-state index < -0.39 is 0 Å². The van der Waals surface area contributed by atoms with Gasteiger partial charge in [-0.25, -0.2) is 9.99 Å². The highest BCUT2D eigenvalue weighted by Crippen LogP contribution is 2.24. The summed E-state index contributed by atoms with van der Waals surface area (Å²) in [6.07, 6.45) is 4.58. The maximum absolute atomic E-state index is 5.76. The second-order valence-electron chi connectivity index (χ2n) is 4.57. The molecule has 1 aliphatic carbocycles. The summed E-state index contributed by atoms with van der Waals surface area (Å²) in [5, 5.41) is 1.85. The number of thiocarbonyl (C=S) groups is 1. The van der Waals surface area contributed by atoms with Gasteiger partial charge in [0.15, 0.2) is 5.82 Å². The van der Waals surface area contributed by atoms with Gasteiger partial charge in [0.25, 0.3) is 0 Å². The van der Waals surface area contributed by atoms with Crippen LogP contribution in [0.3, 0.4) is 0 Å². The van der Waals surface area contributed by atoms with Gasteiger partial charge in [0.2, 0.25) is 0 Å². The first-order valence-electron chi connectivity index (χ1n) is 5.84. The molecule has 1 aromatic heterocycles. The van der Waals surface area contributed by atoms with E-state index in [1.165, 1.54) is 24.1 Å². The van der Waals surface area contributed by atoms with Crippen molar-refractivity contribution in [3.05, 3.63) is 22.9 Å². The topological polar surface area (TPSA) is 54.2 Å². The Bertz CT molecular complexity index is 442. The number of nitrogens with zero attached hydrogens (tertiary/aromatic N) is 2. The van der Waals surface area contributed by atoms with Gasteiger partial charge in [-0.05, 0) is 37.3 Å². The summed E-state index contributed by atoms with van der Waals surface area (Å²) in [5.41, 5.74) is 12.2. The van der Waals surface area contributed by atoms with E-state index in [9.17, 15) is 0 Å². The number of anilines is 1. The normalized spacial score (nSPS) is 14.5. The first-order chi connectivity index (χ1) is 8.08. The summed E-state index contributed by atoms with van der Waals surface area (Å²) < 4.78 is 0. The van der Waals surface area contributed by atoms with E-state index in [0.717, 1.165) is 24.2 Å². The third-order valence-corrected chi connectivity index (χ3v) is 3.12. The van der Waals surface area contributed by atoms with E-state index in [1.807, 2.05) is 19.1 Å². The van der Waals surface area contributed by atoms with Crippen LogP contribution in [0.1, 0.15) is 29.7 Å². The molecule has 0 aromatic carbocycles. The van der Waals surface area contributed by atoms with Crippen molar-refractivity contribution in [1.29, 1.82) is 0 Å². The van der Waals surface area contributed by atoms with Crippen LogP contribution in [0, 0.1) is 0 Å². The summed E-state index contributed by atoms with van der Waals surface area (Å²) in [7, 11) is 3.84. The molecule has 3 N–H and O–H groups in total. The molecule has 1 aliphatic rings. The molecule has 0 unspecified atom stereocenters. The second-order valence-corrected chi connectivity index (χ2v) is 5.01. The largest absolute Gasteiger partial charge is 0.389 e. The number of aryl methyl sites for hydroxylation is 2. The van der Waals surface area contributed by atoms with Crippen LogP contribution in [0.2, 0.25) is 0 Å². The molecule has 0 bridgehead atoms. The molecule has 5 heteroatoms. The molecule has 2 rings (SSSR count). The molecule has 0 amide bonds. The summed E-state index contributed by atoms with van der Waals surface area (Å²) in [5.74, 6) is 0.767. The standard InChI is InChI=1S/C12H18N4S/c1-16(2)15-12-9(11(13)17)7-8-5-3-4-6-10(8)14-12/h7H,3-6H2,1-2H3,(H2,13,17)(H,14,15). The Hall–Kier alpha value is -1.20. The highest BCUT2D eigenvalue weighted by Gasteiger charge is 2.16. The number of hydrogen-bond donors (Lipinski definition) is 2. The molecule has 0 radical (unpaired) electrons. The molecule has 1 heterocycles. The maximum atomic E-state index is 5.76. The molecule has 17 heavy (non-hydrogen) atoms. The van der Waals surface area contributed by atoms with E-state index in [-0.39, 0.29) is 0 Å². The van der Waals surface area contributed by atoms with Gasteiger partial charge in [0.05, 0.1) is 5.56 Å². The predicted octanol–water partition coefficient (Wildman–Crippen LogP) is 1.48. The van der Waals surface area contributed by atoms with Crippen molar-refractivity contribution in [2.75, 3.05) is 19.5 Å². The van der Waals surface area contributed by atoms with Gasteiger partial charge in [0.1, 0.15) is 4.99 Å². The molecular formula is C12H18N4S. The van der Waals surface area contributed by atoms with Crippen LogP contribution in [-0.4, -0.2) is 29.1 Å². The zero-order valence-electron chi connectivity index (χ0n) is 10.3. The number of nitrogens with two attached hydrogens (primary N) is 1. The van der Waals surface area contributed by atoms with Crippen LogP contribution in [-0.2, 0) is 12.8 Å². The van der Waals surface area contributed by atoms with Crippen LogP contribution < -0.4 is 11.2 Å². The molecule has 0 spiro atoms. The Balaban J connectivity index is 2.44. The van der Waals surface area contributed by atoms with Crippen molar-refractivity contribution < 1.29 is 0 Å². The molecule has 1 aromatic rings. The van der Waals surface area contributed by atoms with Crippen LogP contribution in [0.4, 0.5) is 5.82 Å². The summed E-state index contributed by atoms with van der Waals surface area (Å²) in [6.45, 7) is 0. The van der Waals surface area contributed by atoms with Crippen molar-refractivity contribution in [3.63, 3.8) is 0 Å². The van der Waals surface area contributed by atoms with Gasteiger partial charge >= 0.3 is 0 Å². The van der Waals surface area contributed by atoms with E-state index in [4.69, 9.17) is 18.0 Å². The molecule has 0 fully saturated rings. The molecule has 0 saturated heterocycles. The zero-order valence-corrected chi connectivity index (χ0v) is 11.1. The first-order valence-corrected chi connectivity index (χ1v) is 6.25. The van der Waals surface area contributed by atoms with Crippen LogP contribution in [0.5, 0.6) is 0 Å². The smallest absolute Gasteiger partial charge is 0.150 e. The Morgan fingerprint density at radius 2 is 2.12 bits per heavy atom. The Morgan fingerprint density at radius 3 is 2.76 bits per heavy atom. The second kappa shape index (κ2) is 4.98. The fourth-order valence-electron chi connectivity index (χ4n) is 2.12. The lowest BCUT2D eigenvalue weighted by Gasteiger charge is -2.21. The third-order valence-electron chi connectivity index (χ3n) is 2.90. The lowest BCUT2D eigenvalue weighted by Crippen LogP contribution is -2.25. The van der Waals surface area contributed by atoms with E-state index >= 15 is 0 Å². The van der Waals surface area contributed by atoms with Crippen molar-refractivity contribution in [3.8, 4) is 0 Å². The zero-order chi connectivity index (χ0) is 12.4. The number of rotatable bonds is 3. The lowest BCUT2D eigenvalue weighted by atomic mass is 9.95. The number of pyridine rings is 1. The van der Waals surface area contributed by atoms with Gasteiger partial charge in [-0.15, -0.1) is 0 Å². The number of nitrogens with one attached hydrogen (secondary N) is 1. The minimum Gasteiger partial charge on any atom is -0.389 e. The van der Waals surface area contributed by atoms with Crippen LogP contribution in [0.15, 0.2) is 6.07 Å². The molecule has 0 saturated carbocycles. The van der Waals surface area contributed by atoms with E-state index in [0.29, 0.717) is 4.99 Å². The van der Waals surface area contributed by atoms with Crippen LogP contribution >= 0.6 is 12.2 Å². The molecule has 0 aliphatic heterocycles. The van der Waals surface area contributed by atoms with Crippen molar-refractivity contribution in [2.24, 2.45) is 5.73 Å². The minimum absolute atomic E-state index is 0.398. The van der Waals surface area contributed by atoms with E-state index in [1.54, 1.807) is 0 Å². The molecular weight excluding hydrogens is 232 g/mol. The molecule has 4 nitrogen and oxygen atoms in total. The fraction of sp³-hybridized carbons (Fsp3) is 0.500. The summed E-state index contributed by atoms with van der Waals surface area (Å²) in [4.78, 5) is 5.05. The lowest BCUT2D eigenvalue weighted by molar-refractivity contribution is 0.491. The summed E-state index contributed by atoms with van der Waals surface area (Å²) in [6, 6.07) is 2.09. The third kappa shape index (κ3) is 2.73. The number of hydrogen-bond acceptors (Lipinski definition) is 4.